The normalized spacial score (nSPS) is 15.3. The number of aromatic nitrogens is 1. The molecular weight excluding hydrogens is 453 g/mol. The van der Waals surface area contributed by atoms with Gasteiger partial charge in [0.2, 0.25) is 5.91 Å². The first-order valence-corrected chi connectivity index (χ1v) is 11.7. The molecule has 1 aliphatic rings. The van der Waals surface area contributed by atoms with Crippen molar-refractivity contribution in [3.63, 3.8) is 0 Å². The van der Waals surface area contributed by atoms with Crippen molar-refractivity contribution in [3.05, 3.63) is 69.8 Å². The number of rotatable bonds is 7. The lowest BCUT2D eigenvalue weighted by molar-refractivity contribution is -0.123. The van der Waals surface area contributed by atoms with Crippen LogP contribution in [0.1, 0.15) is 17.0 Å². The van der Waals surface area contributed by atoms with Crippen molar-refractivity contribution >= 4 is 67.7 Å². The third kappa shape index (κ3) is 5.36. The second-order valence-corrected chi connectivity index (χ2v) is 9.60. The number of hydrogen-bond acceptors (Lipinski definition) is 6. The standard InChI is InChI=1S/C22H18FN3O2S3/c23-15-7-5-14(6-8-15)13-18-21(28)26(22(29)31-18)12-10-19(27)24-11-9-20-25-16-3-1-2-4-17(16)30-20/h1-8,13H,9-12H2,(H,24,27)/b18-13-. The molecule has 4 rings (SSSR count). The summed E-state index contributed by atoms with van der Waals surface area (Å²) in [5.74, 6) is -0.710. The minimum atomic E-state index is -0.334. The number of carbonyl (C=O) groups is 2. The Kier molecular flexibility index (Phi) is 6.74. The van der Waals surface area contributed by atoms with Crippen molar-refractivity contribution in [2.45, 2.75) is 12.8 Å². The zero-order chi connectivity index (χ0) is 21.8. The van der Waals surface area contributed by atoms with E-state index in [4.69, 9.17) is 12.2 Å². The molecule has 2 aromatic carbocycles. The number of thiazole rings is 1. The number of halogens is 1. The average molecular weight is 472 g/mol. The molecule has 1 aromatic heterocycles. The van der Waals surface area contributed by atoms with Gasteiger partial charge in [0.05, 0.1) is 20.1 Å². The van der Waals surface area contributed by atoms with Crippen LogP contribution in [0, 0.1) is 5.82 Å². The van der Waals surface area contributed by atoms with Crippen molar-refractivity contribution in [1.82, 2.24) is 15.2 Å². The fourth-order valence-electron chi connectivity index (χ4n) is 3.04. The second kappa shape index (κ2) is 9.67. The van der Waals surface area contributed by atoms with E-state index in [2.05, 4.69) is 10.3 Å². The van der Waals surface area contributed by atoms with Crippen LogP contribution in [0.2, 0.25) is 0 Å². The summed E-state index contributed by atoms with van der Waals surface area (Å²) in [7, 11) is 0. The number of para-hydroxylation sites is 1. The number of nitrogens with one attached hydrogen (secondary N) is 1. The largest absolute Gasteiger partial charge is 0.356 e. The lowest BCUT2D eigenvalue weighted by Crippen LogP contribution is -2.34. The summed E-state index contributed by atoms with van der Waals surface area (Å²) in [4.78, 5) is 31.3. The van der Waals surface area contributed by atoms with E-state index in [-0.39, 0.29) is 30.6 Å². The fourth-order valence-corrected chi connectivity index (χ4v) is 5.32. The third-order valence-corrected chi connectivity index (χ3v) is 7.08. The predicted octanol–water partition coefficient (Wildman–Crippen LogP) is 4.39. The van der Waals surface area contributed by atoms with Crippen LogP contribution in [-0.2, 0) is 16.0 Å². The van der Waals surface area contributed by atoms with Gasteiger partial charge in [-0.2, -0.15) is 0 Å². The minimum Gasteiger partial charge on any atom is -0.356 e. The van der Waals surface area contributed by atoms with Gasteiger partial charge in [0.1, 0.15) is 10.1 Å². The Morgan fingerprint density at radius 3 is 2.74 bits per heavy atom. The third-order valence-electron chi connectivity index (χ3n) is 4.60. The van der Waals surface area contributed by atoms with Crippen LogP contribution in [-0.4, -0.2) is 39.1 Å². The number of benzene rings is 2. The SMILES string of the molecule is O=C(CCN1C(=O)/C(=C/c2ccc(F)cc2)SC1=S)NCCc1nc2ccccc2s1. The molecule has 2 amide bonds. The molecule has 0 bridgehead atoms. The molecule has 31 heavy (non-hydrogen) atoms. The van der Waals surface area contributed by atoms with Gasteiger partial charge < -0.3 is 5.32 Å². The number of hydrogen-bond donors (Lipinski definition) is 1. The van der Waals surface area contributed by atoms with Gasteiger partial charge in [0.15, 0.2) is 0 Å². The molecule has 0 atom stereocenters. The summed E-state index contributed by atoms with van der Waals surface area (Å²) < 4.78 is 14.6. The molecule has 0 radical (unpaired) electrons. The average Bonchev–Trinajstić information content (AvgIpc) is 3.28. The molecule has 9 heteroatoms. The Bertz CT molecular complexity index is 1140. The van der Waals surface area contributed by atoms with Crippen molar-refractivity contribution in [3.8, 4) is 0 Å². The van der Waals surface area contributed by atoms with Gasteiger partial charge in [-0.1, -0.05) is 48.2 Å². The molecule has 1 saturated heterocycles. The number of thioether (sulfide) groups is 1. The predicted molar refractivity (Wildman–Crippen MR) is 127 cm³/mol. The topological polar surface area (TPSA) is 62.3 Å². The highest BCUT2D eigenvalue weighted by Gasteiger charge is 2.32. The quantitative estimate of drug-likeness (QED) is 0.409. The summed E-state index contributed by atoms with van der Waals surface area (Å²) in [6.07, 6.45) is 2.50. The molecule has 1 aliphatic heterocycles. The molecule has 3 aromatic rings. The lowest BCUT2D eigenvalue weighted by atomic mass is 10.2. The van der Waals surface area contributed by atoms with E-state index in [1.54, 1.807) is 29.5 Å². The molecule has 0 saturated carbocycles. The van der Waals surface area contributed by atoms with Crippen LogP contribution in [0.25, 0.3) is 16.3 Å². The number of fused-ring (bicyclic) bond motifs is 1. The molecule has 1 N–H and O–H groups in total. The van der Waals surface area contributed by atoms with E-state index in [0.717, 1.165) is 20.8 Å². The van der Waals surface area contributed by atoms with E-state index >= 15 is 0 Å². The van der Waals surface area contributed by atoms with E-state index < -0.39 is 0 Å². The van der Waals surface area contributed by atoms with Gasteiger partial charge >= 0.3 is 0 Å². The maximum atomic E-state index is 13.0. The fraction of sp³-hybridized carbons (Fsp3) is 0.182. The van der Waals surface area contributed by atoms with Crippen LogP contribution in [0.3, 0.4) is 0 Å². The van der Waals surface area contributed by atoms with Crippen molar-refractivity contribution in [1.29, 1.82) is 0 Å². The molecule has 158 valence electrons. The summed E-state index contributed by atoms with van der Waals surface area (Å²) in [6.45, 7) is 0.708. The smallest absolute Gasteiger partial charge is 0.266 e. The minimum absolute atomic E-state index is 0.141. The maximum Gasteiger partial charge on any atom is 0.266 e. The Balaban J connectivity index is 1.26. The molecule has 0 unspecified atom stereocenters. The Hall–Kier alpha value is -2.62. The van der Waals surface area contributed by atoms with E-state index in [9.17, 15) is 14.0 Å². The van der Waals surface area contributed by atoms with Crippen LogP contribution in [0.4, 0.5) is 4.39 Å². The molecule has 1 fully saturated rings. The van der Waals surface area contributed by atoms with Crippen LogP contribution in [0.15, 0.2) is 53.4 Å². The first-order valence-electron chi connectivity index (χ1n) is 9.62. The van der Waals surface area contributed by atoms with Gasteiger partial charge in [-0.25, -0.2) is 9.37 Å². The van der Waals surface area contributed by atoms with Crippen molar-refractivity contribution < 1.29 is 14.0 Å². The maximum absolute atomic E-state index is 13.0. The number of carbonyl (C=O) groups excluding carboxylic acids is 2. The van der Waals surface area contributed by atoms with Gasteiger partial charge in [-0.05, 0) is 35.9 Å². The van der Waals surface area contributed by atoms with Crippen LogP contribution < -0.4 is 5.32 Å². The summed E-state index contributed by atoms with van der Waals surface area (Å²) in [6, 6.07) is 13.8. The van der Waals surface area contributed by atoms with E-state index in [0.29, 0.717) is 22.2 Å². The van der Waals surface area contributed by atoms with Crippen LogP contribution >= 0.6 is 35.3 Å². The Morgan fingerprint density at radius 2 is 1.97 bits per heavy atom. The monoisotopic (exact) mass is 471 g/mol. The van der Waals surface area contributed by atoms with Gasteiger partial charge in [0, 0.05) is 25.9 Å². The summed E-state index contributed by atoms with van der Waals surface area (Å²) >= 11 is 8.10. The Morgan fingerprint density at radius 1 is 1.19 bits per heavy atom. The van der Waals surface area contributed by atoms with Crippen molar-refractivity contribution in [2.75, 3.05) is 13.1 Å². The molecule has 0 spiro atoms. The molecule has 2 heterocycles. The molecular formula is C22H18FN3O2S3. The summed E-state index contributed by atoms with van der Waals surface area (Å²) in [5, 5.41) is 3.85. The number of thiocarbonyl (C=S) groups is 1. The van der Waals surface area contributed by atoms with Gasteiger partial charge in [-0.15, -0.1) is 11.3 Å². The first kappa shape index (κ1) is 21.6. The van der Waals surface area contributed by atoms with Gasteiger partial charge in [0.25, 0.3) is 5.91 Å². The van der Waals surface area contributed by atoms with E-state index in [1.807, 2.05) is 24.3 Å². The highest BCUT2D eigenvalue weighted by atomic mass is 32.2. The van der Waals surface area contributed by atoms with Crippen LogP contribution in [0.5, 0.6) is 0 Å². The highest BCUT2D eigenvalue weighted by Crippen LogP contribution is 2.32. The van der Waals surface area contributed by atoms with Gasteiger partial charge in [-0.3, -0.25) is 14.5 Å². The highest BCUT2D eigenvalue weighted by molar-refractivity contribution is 8.26. The lowest BCUT2D eigenvalue weighted by Gasteiger charge is -2.14. The van der Waals surface area contributed by atoms with Crippen molar-refractivity contribution in [2.24, 2.45) is 0 Å². The number of amides is 2. The Labute approximate surface area is 192 Å². The summed E-state index contributed by atoms with van der Waals surface area (Å²) in [5.41, 5.74) is 1.69. The molecule has 0 aliphatic carbocycles. The molecule has 5 nitrogen and oxygen atoms in total. The number of nitrogens with zero attached hydrogens (tertiary/aromatic N) is 2. The second-order valence-electron chi connectivity index (χ2n) is 6.81. The van der Waals surface area contributed by atoms with E-state index in [1.165, 1.54) is 28.8 Å². The zero-order valence-electron chi connectivity index (χ0n) is 16.3. The zero-order valence-corrected chi connectivity index (χ0v) is 18.8. The first-order chi connectivity index (χ1) is 15.0.